The van der Waals surface area contributed by atoms with E-state index < -0.39 is 12.1 Å². The number of carboxylic acid groups (broad SMARTS) is 1. The molecule has 15 heavy (non-hydrogen) atoms. The molecule has 1 rings (SSSR count). The van der Waals surface area contributed by atoms with Gasteiger partial charge in [0.25, 0.3) is 0 Å². The first kappa shape index (κ1) is 16.4. The third kappa shape index (κ3) is 6.98. The first-order valence-corrected chi connectivity index (χ1v) is 5.31. The molecule has 3 atom stereocenters. The fraction of sp³-hybridized carbons (Fsp3) is 0.750. The van der Waals surface area contributed by atoms with Gasteiger partial charge in [0.15, 0.2) is 6.10 Å². The van der Waals surface area contributed by atoms with Crippen LogP contribution in [-0.4, -0.2) is 23.3 Å². The summed E-state index contributed by atoms with van der Waals surface area (Å²) in [5.74, 6) is -0.358. The summed E-state index contributed by atoms with van der Waals surface area (Å²) in [7, 11) is 0. The van der Waals surface area contributed by atoms with Gasteiger partial charge in [-0.15, -0.1) is 12.8 Å². The molecular formula is C12H22O3. The maximum Gasteiger partial charge on any atom is 0.332 e. The monoisotopic (exact) mass is 214 g/mol. The summed E-state index contributed by atoms with van der Waals surface area (Å²) in [4.78, 5) is 10.5. The summed E-state index contributed by atoms with van der Waals surface area (Å²) in [5.41, 5.74) is 0. The van der Waals surface area contributed by atoms with Gasteiger partial charge in [0, 0.05) is 0 Å². The summed E-state index contributed by atoms with van der Waals surface area (Å²) in [5, 5.41) is 8.65. The molecule has 1 N–H and O–H groups in total. The highest BCUT2D eigenvalue weighted by atomic mass is 16.5. The molecule has 3 nitrogen and oxygen atoms in total. The minimum Gasteiger partial charge on any atom is -0.479 e. The smallest absolute Gasteiger partial charge is 0.332 e. The predicted molar refractivity (Wildman–Crippen MR) is 61.6 cm³/mol. The molecule has 0 aliphatic carbocycles. The van der Waals surface area contributed by atoms with Gasteiger partial charge in [-0.3, -0.25) is 0 Å². The maximum absolute atomic E-state index is 10.5. The molecule has 0 amide bonds. The van der Waals surface area contributed by atoms with Crippen molar-refractivity contribution in [1.82, 2.24) is 0 Å². The minimum absolute atomic E-state index is 0.0971. The van der Waals surface area contributed by atoms with Gasteiger partial charge in [0.1, 0.15) is 0 Å². The van der Waals surface area contributed by atoms with Crippen LogP contribution < -0.4 is 0 Å². The summed E-state index contributed by atoms with van der Waals surface area (Å²) in [6.07, 6.45) is 9.15. The molecule has 0 aromatic rings. The highest BCUT2D eigenvalue weighted by molar-refractivity contribution is 5.72. The SMILES string of the molecule is C#C.CC.CC1C[C@@H](C)C[C@@H](C(=O)O)O1. The number of aliphatic carboxylic acids is 1. The zero-order valence-electron chi connectivity index (χ0n) is 10.1. The lowest BCUT2D eigenvalue weighted by Gasteiger charge is -2.29. The standard InChI is InChI=1S/C8H14O3.C2H6.C2H2/c1-5-3-6(2)11-7(4-5)8(9)10;2*1-2/h5-7H,3-4H2,1-2H3,(H,9,10);1-2H3;1-2H/t5-,6?,7+;;/m1../s1. The van der Waals surface area contributed by atoms with Crippen molar-refractivity contribution in [2.45, 2.75) is 52.7 Å². The highest BCUT2D eigenvalue weighted by Gasteiger charge is 2.28. The average molecular weight is 214 g/mol. The van der Waals surface area contributed by atoms with E-state index in [0.717, 1.165) is 6.42 Å². The van der Waals surface area contributed by atoms with Crippen molar-refractivity contribution in [3.63, 3.8) is 0 Å². The van der Waals surface area contributed by atoms with Crippen molar-refractivity contribution in [2.75, 3.05) is 0 Å². The molecule has 0 radical (unpaired) electrons. The molecule has 1 saturated heterocycles. The average Bonchev–Trinajstić information content (AvgIpc) is 2.22. The van der Waals surface area contributed by atoms with Crippen LogP contribution in [0.3, 0.4) is 0 Å². The Balaban J connectivity index is 0. The Morgan fingerprint density at radius 2 is 1.73 bits per heavy atom. The lowest BCUT2D eigenvalue weighted by molar-refractivity contribution is -0.160. The van der Waals surface area contributed by atoms with E-state index in [9.17, 15) is 4.79 Å². The highest BCUT2D eigenvalue weighted by Crippen LogP contribution is 2.24. The van der Waals surface area contributed by atoms with Crippen LogP contribution in [0, 0.1) is 18.8 Å². The van der Waals surface area contributed by atoms with E-state index in [0.29, 0.717) is 12.3 Å². The molecular weight excluding hydrogens is 192 g/mol. The number of rotatable bonds is 1. The zero-order valence-corrected chi connectivity index (χ0v) is 10.1. The lowest BCUT2D eigenvalue weighted by Crippen LogP contribution is -2.35. The van der Waals surface area contributed by atoms with Crippen LogP contribution in [0.25, 0.3) is 0 Å². The number of ether oxygens (including phenoxy) is 1. The van der Waals surface area contributed by atoms with E-state index >= 15 is 0 Å². The van der Waals surface area contributed by atoms with Gasteiger partial charge in [-0.05, 0) is 25.7 Å². The third-order valence-electron chi connectivity index (χ3n) is 2.02. The van der Waals surface area contributed by atoms with Crippen LogP contribution in [-0.2, 0) is 9.53 Å². The second-order valence-corrected chi connectivity index (χ2v) is 3.35. The zero-order chi connectivity index (χ0) is 12.4. The Hall–Kier alpha value is -1.01. The van der Waals surface area contributed by atoms with E-state index in [4.69, 9.17) is 9.84 Å². The molecule has 0 saturated carbocycles. The molecule has 1 aliphatic heterocycles. The summed E-state index contributed by atoms with van der Waals surface area (Å²) in [6, 6.07) is 0. The van der Waals surface area contributed by atoms with Crippen LogP contribution in [0.2, 0.25) is 0 Å². The fourth-order valence-electron chi connectivity index (χ4n) is 1.58. The van der Waals surface area contributed by atoms with Crippen molar-refractivity contribution >= 4 is 5.97 Å². The van der Waals surface area contributed by atoms with Gasteiger partial charge in [0.2, 0.25) is 0 Å². The minimum atomic E-state index is -0.830. The molecule has 0 aromatic carbocycles. The van der Waals surface area contributed by atoms with Crippen molar-refractivity contribution in [3.8, 4) is 12.8 Å². The molecule has 1 heterocycles. The Morgan fingerprint density at radius 3 is 2.07 bits per heavy atom. The van der Waals surface area contributed by atoms with Crippen molar-refractivity contribution in [3.05, 3.63) is 0 Å². The van der Waals surface area contributed by atoms with Crippen LogP contribution >= 0.6 is 0 Å². The first-order valence-electron chi connectivity index (χ1n) is 5.31. The fourth-order valence-corrected chi connectivity index (χ4v) is 1.58. The topological polar surface area (TPSA) is 46.5 Å². The Kier molecular flexibility index (Phi) is 10.4. The Bertz CT molecular complexity index is 177. The van der Waals surface area contributed by atoms with Gasteiger partial charge in [0.05, 0.1) is 6.10 Å². The number of hydrogen-bond acceptors (Lipinski definition) is 2. The summed E-state index contributed by atoms with van der Waals surface area (Å²) in [6.45, 7) is 7.99. The van der Waals surface area contributed by atoms with Gasteiger partial charge < -0.3 is 9.84 Å². The largest absolute Gasteiger partial charge is 0.479 e. The van der Waals surface area contributed by atoms with Crippen LogP contribution in [0.4, 0.5) is 0 Å². The van der Waals surface area contributed by atoms with Gasteiger partial charge in [-0.1, -0.05) is 20.8 Å². The molecule has 1 unspecified atom stereocenters. The second kappa shape index (κ2) is 9.54. The van der Waals surface area contributed by atoms with E-state index in [1.807, 2.05) is 20.8 Å². The van der Waals surface area contributed by atoms with Gasteiger partial charge >= 0.3 is 5.97 Å². The number of terminal acetylenes is 1. The van der Waals surface area contributed by atoms with Crippen molar-refractivity contribution in [2.24, 2.45) is 5.92 Å². The first-order chi connectivity index (χ1) is 7.09. The van der Waals surface area contributed by atoms with Crippen molar-refractivity contribution < 1.29 is 14.6 Å². The summed E-state index contributed by atoms with van der Waals surface area (Å²) >= 11 is 0. The maximum atomic E-state index is 10.5. The second-order valence-electron chi connectivity index (χ2n) is 3.35. The van der Waals surface area contributed by atoms with Crippen molar-refractivity contribution in [1.29, 1.82) is 0 Å². The molecule has 0 aromatic heterocycles. The van der Waals surface area contributed by atoms with E-state index in [-0.39, 0.29) is 6.10 Å². The third-order valence-corrected chi connectivity index (χ3v) is 2.02. The van der Waals surface area contributed by atoms with Gasteiger partial charge in [-0.2, -0.15) is 0 Å². The van der Waals surface area contributed by atoms with Crippen LogP contribution in [0.15, 0.2) is 0 Å². The van der Waals surface area contributed by atoms with E-state index in [2.05, 4.69) is 19.8 Å². The molecule has 3 heteroatoms. The Labute approximate surface area is 92.8 Å². The molecule has 0 bridgehead atoms. The molecule has 0 spiro atoms. The summed E-state index contributed by atoms with van der Waals surface area (Å²) < 4.78 is 5.22. The number of carboxylic acids is 1. The van der Waals surface area contributed by atoms with Crippen LogP contribution in [0.1, 0.15) is 40.5 Å². The normalized spacial score (nSPS) is 28.8. The quantitative estimate of drug-likeness (QED) is 0.682. The molecule has 1 fully saturated rings. The molecule has 1 aliphatic rings. The predicted octanol–water partition coefficient (Wildman–Crippen LogP) is 2.55. The number of carbonyl (C=O) groups is 1. The van der Waals surface area contributed by atoms with E-state index in [1.54, 1.807) is 0 Å². The number of hydrogen-bond donors (Lipinski definition) is 1. The Morgan fingerprint density at radius 1 is 1.27 bits per heavy atom. The van der Waals surface area contributed by atoms with Crippen LogP contribution in [0.5, 0.6) is 0 Å². The van der Waals surface area contributed by atoms with Gasteiger partial charge in [-0.25, -0.2) is 4.79 Å². The lowest BCUT2D eigenvalue weighted by atomic mass is 9.94. The van der Waals surface area contributed by atoms with E-state index in [1.165, 1.54) is 0 Å². The molecule has 88 valence electrons.